The SMILES string of the molecule is O=C(O)CCn1ncc(-c2ccccc2)c1-c1ccccc1. The normalized spacial score (nSPS) is 10.5. The summed E-state index contributed by atoms with van der Waals surface area (Å²) in [6.45, 7) is 0.354. The van der Waals surface area contributed by atoms with E-state index < -0.39 is 5.97 Å². The van der Waals surface area contributed by atoms with E-state index in [9.17, 15) is 4.79 Å². The highest BCUT2D eigenvalue weighted by Gasteiger charge is 2.14. The van der Waals surface area contributed by atoms with Gasteiger partial charge in [0.05, 0.1) is 24.9 Å². The van der Waals surface area contributed by atoms with Crippen LogP contribution in [0.25, 0.3) is 22.4 Å². The first-order valence-corrected chi connectivity index (χ1v) is 7.14. The Hall–Kier alpha value is -2.88. The van der Waals surface area contributed by atoms with Gasteiger partial charge in [0, 0.05) is 11.1 Å². The van der Waals surface area contributed by atoms with E-state index in [4.69, 9.17) is 5.11 Å². The molecule has 0 atom stereocenters. The Bertz CT molecular complexity index is 764. The molecule has 110 valence electrons. The average Bonchev–Trinajstić information content (AvgIpc) is 2.98. The smallest absolute Gasteiger partial charge is 0.305 e. The lowest BCUT2D eigenvalue weighted by molar-refractivity contribution is -0.137. The molecule has 0 aliphatic heterocycles. The van der Waals surface area contributed by atoms with Crippen molar-refractivity contribution in [2.45, 2.75) is 13.0 Å². The first kappa shape index (κ1) is 14.1. The van der Waals surface area contributed by atoms with Crippen LogP contribution in [0.3, 0.4) is 0 Å². The number of hydrogen-bond acceptors (Lipinski definition) is 2. The van der Waals surface area contributed by atoms with Crippen molar-refractivity contribution in [3.05, 3.63) is 66.9 Å². The van der Waals surface area contributed by atoms with Crippen molar-refractivity contribution < 1.29 is 9.90 Å². The number of hydrogen-bond donors (Lipinski definition) is 1. The standard InChI is InChI=1S/C18H16N2O2/c21-17(22)11-12-20-18(15-9-5-2-6-10-15)16(13-19-20)14-7-3-1-4-8-14/h1-10,13H,11-12H2,(H,21,22). The number of benzene rings is 2. The third-order valence-corrected chi connectivity index (χ3v) is 3.51. The van der Waals surface area contributed by atoms with Crippen LogP contribution in [-0.4, -0.2) is 20.9 Å². The molecule has 0 radical (unpaired) electrons. The lowest BCUT2D eigenvalue weighted by atomic mass is 10.0. The molecule has 1 heterocycles. The zero-order valence-electron chi connectivity index (χ0n) is 12.0. The Labute approximate surface area is 128 Å². The second-order valence-electron chi connectivity index (χ2n) is 5.01. The summed E-state index contributed by atoms with van der Waals surface area (Å²) in [5.41, 5.74) is 4.07. The fourth-order valence-corrected chi connectivity index (χ4v) is 2.49. The summed E-state index contributed by atoms with van der Waals surface area (Å²) in [5.74, 6) is -0.823. The number of aromatic nitrogens is 2. The highest BCUT2D eigenvalue weighted by molar-refractivity contribution is 5.80. The molecule has 3 rings (SSSR count). The molecule has 4 nitrogen and oxygen atoms in total. The van der Waals surface area contributed by atoms with E-state index in [0.717, 1.165) is 22.4 Å². The molecule has 1 N–H and O–H groups in total. The molecule has 3 aromatic rings. The summed E-state index contributed by atoms with van der Waals surface area (Å²) in [4.78, 5) is 10.9. The molecular formula is C18H16N2O2. The van der Waals surface area contributed by atoms with E-state index in [-0.39, 0.29) is 6.42 Å². The third-order valence-electron chi connectivity index (χ3n) is 3.51. The van der Waals surface area contributed by atoms with Crippen LogP contribution in [0.4, 0.5) is 0 Å². The topological polar surface area (TPSA) is 55.1 Å². The molecule has 0 amide bonds. The van der Waals surface area contributed by atoms with Crippen LogP contribution in [0, 0.1) is 0 Å². The predicted molar refractivity (Wildman–Crippen MR) is 85.4 cm³/mol. The van der Waals surface area contributed by atoms with Crippen molar-refractivity contribution in [2.24, 2.45) is 0 Å². The second kappa shape index (κ2) is 6.26. The summed E-state index contributed by atoms with van der Waals surface area (Å²) in [5, 5.41) is 13.3. The molecule has 22 heavy (non-hydrogen) atoms. The van der Waals surface area contributed by atoms with E-state index in [1.807, 2.05) is 60.7 Å². The van der Waals surface area contributed by atoms with Gasteiger partial charge in [-0.15, -0.1) is 0 Å². The largest absolute Gasteiger partial charge is 0.481 e. The predicted octanol–water partition coefficient (Wildman–Crippen LogP) is 3.69. The zero-order chi connectivity index (χ0) is 15.4. The summed E-state index contributed by atoms with van der Waals surface area (Å²) < 4.78 is 1.77. The molecule has 2 aromatic carbocycles. The van der Waals surface area contributed by atoms with Gasteiger partial charge < -0.3 is 5.11 Å². The maximum absolute atomic E-state index is 10.9. The number of carbonyl (C=O) groups is 1. The van der Waals surface area contributed by atoms with Gasteiger partial charge in [-0.2, -0.15) is 5.10 Å². The molecule has 0 aliphatic carbocycles. The molecular weight excluding hydrogens is 276 g/mol. The van der Waals surface area contributed by atoms with Crippen LogP contribution in [0.1, 0.15) is 6.42 Å². The lowest BCUT2D eigenvalue weighted by Gasteiger charge is -2.09. The highest BCUT2D eigenvalue weighted by atomic mass is 16.4. The number of rotatable bonds is 5. The fourth-order valence-electron chi connectivity index (χ4n) is 2.49. The Balaban J connectivity index is 2.09. The number of aliphatic carboxylic acids is 1. The van der Waals surface area contributed by atoms with Crippen LogP contribution in [0.2, 0.25) is 0 Å². The van der Waals surface area contributed by atoms with Crippen molar-refractivity contribution in [1.29, 1.82) is 0 Å². The van der Waals surface area contributed by atoms with Crippen molar-refractivity contribution >= 4 is 5.97 Å². The maximum Gasteiger partial charge on any atom is 0.305 e. The van der Waals surface area contributed by atoms with Gasteiger partial charge in [0.2, 0.25) is 0 Å². The third kappa shape index (κ3) is 2.91. The van der Waals surface area contributed by atoms with Crippen molar-refractivity contribution in [3.8, 4) is 22.4 Å². The fraction of sp³-hybridized carbons (Fsp3) is 0.111. The summed E-state index contributed by atoms with van der Waals surface area (Å²) >= 11 is 0. The Morgan fingerprint density at radius 2 is 1.55 bits per heavy atom. The zero-order valence-corrected chi connectivity index (χ0v) is 12.0. The van der Waals surface area contributed by atoms with Gasteiger partial charge >= 0.3 is 5.97 Å². The van der Waals surface area contributed by atoms with E-state index in [1.54, 1.807) is 10.9 Å². The van der Waals surface area contributed by atoms with Gasteiger partial charge in [0.15, 0.2) is 0 Å². The molecule has 0 bridgehead atoms. The maximum atomic E-state index is 10.9. The molecule has 4 heteroatoms. The van der Waals surface area contributed by atoms with Gasteiger partial charge in [-0.1, -0.05) is 60.7 Å². The quantitative estimate of drug-likeness (QED) is 0.780. The lowest BCUT2D eigenvalue weighted by Crippen LogP contribution is -2.07. The minimum atomic E-state index is -0.823. The molecule has 0 unspecified atom stereocenters. The van der Waals surface area contributed by atoms with Gasteiger partial charge in [0.25, 0.3) is 0 Å². The van der Waals surface area contributed by atoms with Gasteiger partial charge in [0.1, 0.15) is 0 Å². The minimum Gasteiger partial charge on any atom is -0.481 e. The molecule has 0 aliphatic rings. The van der Waals surface area contributed by atoms with Crippen LogP contribution in [0.15, 0.2) is 66.9 Å². The first-order valence-electron chi connectivity index (χ1n) is 7.14. The Morgan fingerprint density at radius 3 is 2.14 bits per heavy atom. The first-order chi connectivity index (χ1) is 10.8. The van der Waals surface area contributed by atoms with Crippen molar-refractivity contribution in [1.82, 2.24) is 9.78 Å². The van der Waals surface area contributed by atoms with E-state index in [0.29, 0.717) is 6.54 Å². The van der Waals surface area contributed by atoms with Gasteiger partial charge in [-0.05, 0) is 5.56 Å². The minimum absolute atomic E-state index is 0.0513. The number of carboxylic acids is 1. The molecule has 0 saturated heterocycles. The van der Waals surface area contributed by atoms with Gasteiger partial charge in [-0.25, -0.2) is 0 Å². The average molecular weight is 292 g/mol. The highest BCUT2D eigenvalue weighted by Crippen LogP contribution is 2.32. The molecule has 0 fully saturated rings. The molecule has 1 aromatic heterocycles. The Morgan fingerprint density at radius 1 is 0.955 bits per heavy atom. The van der Waals surface area contributed by atoms with Crippen LogP contribution >= 0.6 is 0 Å². The molecule has 0 spiro atoms. The molecule has 0 saturated carbocycles. The van der Waals surface area contributed by atoms with Crippen LogP contribution < -0.4 is 0 Å². The van der Waals surface area contributed by atoms with E-state index >= 15 is 0 Å². The Kier molecular flexibility index (Phi) is 4.01. The van der Waals surface area contributed by atoms with Crippen LogP contribution in [-0.2, 0) is 11.3 Å². The van der Waals surface area contributed by atoms with Gasteiger partial charge in [-0.3, -0.25) is 9.48 Å². The van der Waals surface area contributed by atoms with Crippen molar-refractivity contribution in [3.63, 3.8) is 0 Å². The number of aryl methyl sites for hydroxylation is 1. The summed E-state index contributed by atoms with van der Waals surface area (Å²) in [7, 11) is 0. The van der Waals surface area contributed by atoms with E-state index in [1.165, 1.54) is 0 Å². The second-order valence-corrected chi connectivity index (χ2v) is 5.01. The van der Waals surface area contributed by atoms with Crippen molar-refractivity contribution in [2.75, 3.05) is 0 Å². The number of nitrogens with zero attached hydrogens (tertiary/aromatic N) is 2. The van der Waals surface area contributed by atoms with Crippen LogP contribution in [0.5, 0.6) is 0 Å². The van der Waals surface area contributed by atoms with E-state index in [2.05, 4.69) is 5.10 Å². The summed E-state index contributed by atoms with van der Waals surface area (Å²) in [6.07, 6.45) is 1.86. The number of carboxylic acid groups (broad SMARTS) is 1. The summed E-state index contributed by atoms with van der Waals surface area (Å²) in [6, 6.07) is 19.9. The monoisotopic (exact) mass is 292 g/mol.